The molecule has 0 unspecified atom stereocenters. The summed E-state index contributed by atoms with van der Waals surface area (Å²) >= 11 is 0. The Morgan fingerprint density at radius 2 is 1.00 bits per heavy atom. The number of para-hydroxylation sites is 1. The van der Waals surface area contributed by atoms with Crippen LogP contribution in [0.2, 0.25) is 0 Å². The smallest absolute Gasteiger partial charge is 0.140 e. The topological polar surface area (TPSA) is 12.5 Å². The summed E-state index contributed by atoms with van der Waals surface area (Å²) in [4.78, 5) is 2.48. The summed E-state index contributed by atoms with van der Waals surface area (Å²) in [6, 6.07) is 68.5. The van der Waals surface area contributed by atoms with Gasteiger partial charge in [0.15, 0.2) is 0 Å². The molecule has 51 heavy (non-hydrogen) atoms. The maximum atomic E-state index is 6.90. The second kappa shape index (κ2) is 10.7. The van der Waals surface area contributed by atoms with Crippen molar-refractivity contribution in [2.24, 2.45) is 0 Å². The van der Waals surface area contributed by atoms with Gasteiger partial charge >= 0.3 is 0 Å². The lowest BCUT2D eigenvalue weighted by molar-refractivity contribution is 0.441. The number of hydrogen-bond donors (Lipinski definition) is 0. The monoisotopic (exact) mass is 649 g/mol. The fraction of sp³-hybridized carbons (Fsp3) is 0.0204. The molecule has 0 aromatic heterocycles. The summed E-state index contributed by atoms with van der Waals surface area (Å²) in [6.45, 7) is 0. The van der Waals surface area contributed by atoms with Crippen molar-refractivity contribution in [2.45, 2.75) is 5.41 Å². The summed E-state index contributed by atoms with van der Waals surface area (Å²) in [6.07, 6.45) is 0. The molecule has 0 radical (unpaired) electrons. The van der Waals surface area contributed by atoms with Gasteiger partial charge in [0, 0.05) is 33.2 Å². The highest BCUT2D eigenvalue weighted by molar-refractivity contribution is 6.05. The Kier molecular flexibility index (Phi) is 5.91. The molecule has 9 aromatic carbocycles. The zero-order valence-electron chi connectivity index (χ0n) is 27.8. The van der Waals surface area contributed by atoms with Crippen molar-refractivity contribution in [1.82, 2.24) is 0 Å². The first-order valence-corrected chi connectivity index (χ1v) is 17.6. The third-order valence-electron chi connectivity index (χ3n) is 11.1. The molecule has 1 aliphatic carbocycles. The second-order valence-electron chi connectivity index (χ2n) is 13.6. The first-order chi connectivity index (χ1) is 25.3. The maximum absolute atomic E-state index is 6.90. The summed E-state index contributed by atoms with van der Waals surface area (Å²) in [5.41, 5.74) is 10.2. The van der Waals surface area contributed by atoms with Gasteiger partial charge < -0.3 is 9.64 Å². The molecule has 0 saturated heterocycles. The average molecular weight is 650 g/mol. The predicted octanol–water partition coefficient (Wildman–Crippen LogP) is 13.1. The van der Waals surface area contributed by atoms with E-state index in [2.05, 4.69) is 193 Å². The Labute approximate surface area is 296 Å². The van der Waals surface area contributed by atoms with Crippen molar-refractivity contribution >= 4 is 49.4 Å². The molecule has 1 aliphatic heterocycles. The molecule has 0 bridgehead atoms. The highest BCUT2D eigenvalue weighted by atomic mass is 16.5. The lowest BCUT2D eigenvalue weighted by atomic mass is 9.65. The summed E-state index contributed by atoms with van der Waals surface area (Å²) in [7, 11) is 0. The van der Waals surface area contributed by atoms with Gasteiger partial charge in [-0.25, -0.2) is 0 Å². The normalized spacial score (nSPS) is 15.3. The largest absolute Gasteiger partial charge is 0.456 e. The van der Waals surface area contributed by atoms with Crippen molar-refractivity contribution in [3.05, 3.63) is 210 Å². The lowest BCUT2D eigenvalue weighted by Crippen LogP contribution is -2.32. The molecule has 0 fully saturated rings. The fourth-order valence-corrected chi connectivity index (χ4v) is 8.97. The first-order valence-electron chi connectivity index (χ1n) is 17.6. The van der Waals surface area contributed by atoms with Gasteiger partial charge in [0.2, 0.25) is 0 Å². The van der Waals surface area contributed by atoms with Crippen LogP contribution in [-0.2, 0) is 5.41 Å². The van der Waals surface area contributed by atoms with Crippen LogP contribution in [0.5, 0.6) is 11.5 Å². The maximum Gasteiger partial charge on any atom is 0.140 e. The van der Waals surface area contributed by atoms with Crippen LogP contribution in [0.25, 0.3) is 43.4 Å². The van der Waals surface area contributed by atoms with Crippen LogP contribution in [0.3, 0.4) is 0 Å². The van der Waals surface area contributed by atoms with Crippen molar-refractivity contribution in [2.75, 3.05) is 4.90 Å². The lowest BCUT2D eigenvalue weighted by Gasteiger charge is -2.40. The molecule has 2 aliphatic rings. The van der Waals surface area contributed by atoms with Crippen LogP contribution in [-0.4, -0.2) is 0 Å². The molecule has 9 aromatic rings. The van der Waals surface area contributed by atoms with Crippen LogP contribution in [0, 0.1) is 0 Å². The van der Waals surface area contributed by atoms with Crippen LogP contribution < -0.4 is 9.64 Å². The summed E-state index contributed by atoms with van der Waals surface area (Å²) in [5.74, 6) is 1.83. The van der Waals surface area contributed by atoms with E-state index < -0.39 is 5.41 Å². The Bertz CT molecular complexity index is 2860. The molecule has 11 rings (SSSR count). The van der Waals surface area contributed by atoms with E-state index in [4.69, 9.17) is 4.74 Å². The van der Waals surface area contributed by atoms with E-state index in [0.717, 1.165) is 33.9 Å². The van der Waals surface area contributed by atoms with Crippen molar-refractivity contribution in [3.63, 3.8) is 0 Å². The Balaban J connectivity index is 1.28. The third-order valence-corrected chi connectivity index (χ3v) is 11.1. The van der Waals surface area contributed by atoms with Gasteiger partial charge in [-0.1, -0.05) is 158 Å². The van der Waals surface area contributed by atoms with Crippen molar-refractivity contribution in [3.8, 4) is 22.6 Å². The Morgan fingerprint density at radius 3 is 1.88 bits per heavy atom. The van der Waals surface area contributed by atoms with Gasteiger partial charge in [0.1, 0.15) is 11.5 Å². The standard InChI is InChI=1S/C49H31NO/c1-2-16-35-31-36(29-27-32(35)13-1)50(44-24-11-17-33-14-3-5-18-37(33)44)45-25-12-23-42-47(45)39-20-7-8-21-40(39)49(42)41-22-9-10-26-46(41)51-48-38-19-6-4-15-34(38)28-30-43(48)49/h1-31H/t49-/m1/s1. The quantitative estimate of drug-likeness (QED) is 0.189. The number of rotatable bonds is 3. The first kappa shape index (κ1) is 28.2. The minimum Gasteiger partial charge on any atom is -0.456 e. The summed E-state index contributed by atoms with van der Waals surface area (Å²) in [5, 5.41) is 7.15. The van der Waals surface area contributed by atoms with Crippen LogP contribution in [0.15, 0.2) is 188 Å². The van der Waals surface area contributed by atoms with Crippen molar-refractivity contribution in [1.29, 1.82) is 0 Å². The average Bonchev–Trinajstić information content (AvgIpc) is 3.49. The number of hydrogen-bond acceptors (Lipinski definition) is 2. The molecule has 2 heteroatoms. The van der Waals surface area contributed by atoms with Gasteiger partial charge in [-0.15, -0.1) is 0 Å². The zero-order chi connectivity index (χ0) is 33.5. The zero-order valence-corrected chi connectivity index (χ0v) is 27.8. The van der Waals surface area contributed by atoms with E-state index in [0.29, 0.717) is 0 Å². The SMILES string of the molecule is c1ccc2c(c1)Oc1c(ccc3ccccc13)[C@]21c2ccccc2-c2c(N(c3ccc4ccccc4c3)c3cccc4ccccc34)cccc21. The molecule has 0 amide bonds. The molecular formula is C49H31NO. The molecule has 2 nitrogen and oxygen atoms in total. The number of fused-ring (bicyclic) bond motifs is 13. The molecule has 1 heterocycles. The highest BCUT2D eigenvalue weighted by Crippen LogP contribution is 2.65. The van der Waals surface area contributed by atoms with Crippen LogP contribution >= 0.6 is 0 Å². The van der Waals surface area contributed by atoms with Crippen LogP contribution in [0.4, 0.5) is 17.1 Å². The van der Waals surface area contributed by atoms with E-state index in [9.17, 15) is 0 Å². The molecule has 0 saturated carbocycles. The third kappa shape index (κ3) is 3.87. The van der Waals surface area contributed by atoms with E-state index in [1.807, 2.05) is 0 Å². The van der Waals surface area contributed by atoms with Gasteiger partial charge in [-0.2, -0.15) is 0 Å². The molecular weight excluding hydrogens is 619 g/mol. The Morgan fingerprint density at radius 1 is 0.392 bits per heavy atom. The van der Waals surface area contributed by atoms with Crippen molar-refractivity contribution < 1.29 is 4.74 Å². The van der Waals surface area contributed by atoms with E-state index in [-0.39, 0.29) is 0 Å². The van der Waals surface area contributed by atoms with E-state index >= 15 is 0 Å². The van der Waals surface area contributed by atoms with Crippen LogP contribution in [0.1, 0.15) is 22.3 Å². The van der Waals surface area contributed by atoms with E-state index in [1.165, 1.54) is 60.3 Å². The molecule has 1 spiro atoms. The predicted molar refractivity (Wildman–Crippen MR) is 211 cm³/mol. The fourth-order valence-electron chi connectivity index (χ4n) is 8.97. The van der Waals surface area contributed by atoms with E-state index in [1.54, 1.807) is 0 Å². The molecule has 238 valence electrons. The highest BCUT2D eigenvalue weighted by Gasteiger charge is 2.52. The number of nitrogens with zero attached hydrogens (tertiary/aromatic N) is 1. The minimum atomic E-state index is -0.579. The summed E-state index contributed by atoms with van der Waals surface area (Å²) < 4.78 is 6.90. The number of ether oxygens (including phenoxy) is 1. The molecule has 1 atom stereocenters. The second-order valence-corrected chi connectivity index (χ2v) is 13.6. The number of benzene rings is 9. The minimum absolute atomic E-state index is 0.579. The van der Waals surface area contributed by atoms with Gasteiger partial charge in [0.05, 0.1) is 16.8 Å². The van der Waals surface area contributed by atoms with Gasteiger partial charge in [-0.3, -0.25) is 0 Å². The van der Waals surface area contributed by atoms with Gasteiger partial charge in [-0.05, 0) is 68.6 Å². The molecule has 0 N–H and O–H groups in total. The Hall–Kier alpha value is -6.64. The number of anilines is 3. The van der Waals surface area contributed by atoms with Gasteiger partial charge in [0.25, 0.3) is 0 Å².